The van der Waals surface area contributed by atoms with Crippen molar-refractivity contribution in [3.8, 4) is 5.75 Å². The van der Waals surface area contributed by atoms with E-state index in [-0.39, 0.29) is 4.34 Å². The Hall–Kier alpha value is 0.300. The smallest absolute Gasteiger partial charge is 0.241 e. The summed E-state index contributed by atoms with van der Waals surface area (Å²) >= 11 is 10.1. The summed E-state index contributed by atoms with van der Waals surface area (Å²) in [6, 6.07) is 5.22. The van der Waals surface area contributed by atoms with E-state index in [4.69, 9.17) is 4.74 Å². The number of nitrogens with zero attached hydrogens (tertiary/aromatic N) is 1. The number of benzene rings is 1. The zero-order chi connectivity index (χ0) is 13.6. The van der Waals surface area contributed by atoms with Crippen LogP contribution in [0.25, 0.3) is 10.2 Å². The number of alkyl halides is 3. The maximum absolute atomic E-state index is 12.2. The van der Waals surface area contributed by atoms with Crippen molar-refractivity contribution in [3.63, 3.8) is 0 Å². The molecule has 0 bridgehead atoms. The third-order valence-electron chi connectivity index (χ3n) is 2.11. The van der Waals surface area contributed by atoms with Gasteiger partial charge in [0.1, 0.15) is 5.75 Å². The summed E-state index contributed by atoms with van der Waals surface area (Å²) in [5.41, 5.74) is 0.621. The molecule has 18 heavy (non-hydrogen) atoms. The Morgan fingerprint density at radius 3 is 2.56 bits per heavy atom. The number of sulfone groups is 1. The summed E-state index contributed by atoms with van der Waals surface area (Å²) in [4.78, 5) is 4.11. The lowest BCUT2D eigenvalue weighted by Gasteiger charge is -2.09. The van der Waals surface area contributed by atoms with E-state index in [0.717, 1.165) is 16.0 Å². The van der Waals surface area contributed by atoms with Gasteiger partial charge in [0.25, 0.3) is 0 Å². The molecule has 0 radical (unpaired) electrons. The Morgan fingerprint density at radius 1 is 1.33 bits per heavy atom. The average Bonchev–Trinajstić information content (AvgIpc) is 2.70. The van der Waals surface area contributed by atoms with E-state index in [9.17, 15) is 8.42 Å². The molecule has 0 unspecified atom stereocenters. The Labute approximate surface area is 133 Å². The highest BCUT2D eigenvalue weighted by Crippen LogP contribution is 2.45. The zero-order valence-electron chi connectivity index (χ0n) is 8.85. The molecule has 1 aromatic heterocycles. The fourth-order valence-electron chi connectivity index (χ4n) is 1.22. The number of hydrogen-bond donors (Lipinski definition) is 0. The molecule has 4 nitrogen and oxygen atoms in total. The molecule has 0 spiro atoms. The van der Waals surface area contributed by atoms with Gasteiger partial charge in [-0.05, 0) is 66.0 Å². The van der Waals surface area contributed by atoms with Crippen LogP contribution in [0.2, 0.25) is 0 Å². The van der Waals surface area contributed by atoms with Crippen LogP contribution in [0, 0.1) is 0 Å². The van der Waals surface area contributed by atoms with Gasteiger partial charge in [-0.15, -0.1) is 11.3 Å². The lowest BCUT2D eigenvalue weighted by molar-refractivity contribution is 0.415. The molecule has 0 saturated heterocycles. The van der Waals surface area contributed by atoms with Gasteiger partial charge < -0.3 is 4.74 Å². The van der Waals surface area contributed by atoms with Gasteiger partial charge in [0, 0.05) is 0 Å². The van der Waals surface area contributed by atoms with Crippen molar-refractivity contribution < 1.29 is 13.2 Å². The molecule has 98 valence electrons. The van der Waals surface area contributed by atoms with Crippen molar-refractivity contribution in [1.29, 1.82) is 0 Å². The standard InChI is InChI=1S/C9H6Br3NO3S2/c1-16-5-2-3-6-7(4-5)17-8(13-6)18(14,15)9(10,11)12/h2-4H,1H3. The number of thiazole rings is 1. The lowest BCUT2D eigenvalue weighted by atomic mass is 10.3. The van der Waals surface area contributed by atoms with E-state index in [0.29, 0.717) is 11.3 Å². The Balaban J connectivity index is 2.61. The van der Waals surface area contributed by atoms with Crippen molar-refractivity contribution >= 4 is 79.2 Å². The van der Waals surface area contributed by atoms with Gasteiger partial charge in [-0.1, -0.05) is 0 Å². The Kier molecular flexibility index (Phi) is 4.09. The number of ether oxygens (including phenoxy) is 1. The minimum absolute atomic E-state index is 0.0244. The van der Waals surface area contributed by atoms with Crippen LogP contribution in [-0.2, 0) is 9.84 Å². The summed E-state index contributed by atoms with van der Waals surface area (Å²) in [6.07, 6.45) is 0. The monoisotopic (exact) mass is 477 g/mol. The van der Waals surface area contributed by atoms with E-state index in [1.165, 1.54) is 0 Å². The Morgan fingerprint density at radius 2 is 2.00 bits per heavy atom. The van der Waals surface area contributed by atoms with Gasteiger partial charge >= 0.3 is 0 Å². The molecule has 2 rings (SSSR count). The van der Waals surface area contributed by atoms with Crippen molar-refractivity contribution in [2.75, 3.05) is 7.11 Å². The molecule has 0 aliphatic rings. The minimum atomic E-state index is -3.64. The predicted molar refractivity (Wildman–Crippen MR) is 82.9 cm³/mol. The highest BCUT2D eigenvalue weighted by atomic mass is 80.0. The van der Waals surface area contributed by atoms with Crippen LogP contribution in [0.5, 0.6) is 5.75 Å². The van der Waals surface area contributed by atoms with E-state index < -0.39 is 11.3 Å². The summed E-state index contributed by atoms with van der Waals surface area (Å²) in [7, 11) is -2.09. The normalized spacial score (nSPS) is 12.9. The first-order chi connectivity index (χ1) is 8.25. The third kappa shape index (κ3) is 2.60. The predicted octanol–water partition coefficient (Wildman–Crippen LogP) is 3.87. The zero-order valence-corrected chi connectivity index (χ0v) is 15.2. The number of aromatic nitrogens is 1. The minimum Gasteiger partial charge on any atom is -0.497 e. The molecule has 0 amide bonds. The van der Waals surface area contributed by atoms with E-state index in [1.807, 2.05) is 0 Å². The van der Waals surface area contributed by atoms with Crippen LogP contribution in [0.3, 0.4) is 0 Å². The average molecular weight is 480 g/mol. The fourth-order valence-corrected chi connectivity index (χ4v) is 5.79. The van der Waals surface area contributed by atoms with Gasteiger partial charge in [0.05, 0.1) is 17.3 Å². The molecule has 1 aromatic carbocycles. The maximum Gasteiger partial charge on any atom is 0.241 e. The summed E-state index contributed by atoms with van der Waals surface area (Å²) in [5.74, 6) is 0.665. The van der Waals surface area contributed by atoms with Crippen molar-refractivity contribution in [2.24, 2.45) is 0 Å². The largest absolute Gasteiger partial charge is 0.497 e. The Bertz CT molecular complexity index is 691. The molecule has 0 fully saturated rings. The maximum atomic E-state index is 12.2. The number of hydrogen-bond acceptors (Lipinski definition) is 5. The second-order valence-electron chi connectivity index (χ2n) is 3.26. The van der Waals surface area contributed by atoms with E-state index in [1.54, 1.807) is 25.3 Å². The number of halogens is 3. The first-order valence-electron chi connectivity index (χ1n) is 4.51. The molecule has 1 heterocycles. The molecule has 0 aliphatic carbocycles. The van der Waals surface area contributed by atoms with Gasteiger partial charge in [-0.2, -0.15) is 0 Å². The van der Waals surface area contributed by atoms with Gasteiger partial charge in [-0.25, -0.2) is 13.4 Å². The molecular formula is C9H6Br3NO3S2. The van der Waals surface area contributed by atoms with Crippen LogP contribution in [-0.4, -0.2) is 22.0 Å². The topological polar surface area (TPSA) is 56.3 Å². The number of fused-ring (bicyclic) bond motifs is 1. The van der Waals surface area contributed by atoms with Crippen molar-refractivity contribution in [1.82, 2.24) is 4.98 Å². The van der Waals surface area contributed by atoms with Crippen molar-refractivity contribution in [3.05, 3.63) is 18.2 Å². The molecule has 0 aliphatic heterocycles. The highest BCUT2D eigenvalue weighted by molar-refractivity contribution is 9.42. The SMILES string of the molecule is COc1ccc2nc(S(=O)(=O)C(Br)(Br)Br)sc2c1. The van der Waals surface area contributed by atoms with Crippen molar-refractivity contribution in [2.45, 2.75) is 5.81 Å². The third-order valence-corrected chi connectivity index (χ3v) is 8.83. The molecule has 9 heteroatoms. The van der Waals surface area contributed by atoms with Gasteiger partial charge in [0.15, 0.2) is 0 Å². The summed E-state index contributed by atoms with van der Waals surface area (Å²) < 4.78 is 28.8. The van der Waals surface area contributed by atoms with Crippen LogP contribution in [0.1, 0.15) is 0 Å². The molecular weight excluding hydrogens is 474 g/mol. The lowest BCUT2D eigenvalue weighted by Crippen LogP contribution is -2.17. The molecule has 0 saturated carbocycles. The van der Waals surface area contributed by atoms with Crippen LogP contribution < -0.4 is 4.74 Å². The second-order valence-corrected chi connectivity index (χ2v) is 14.9. The van der Waals surface area contributed by atoms with E-state index in [2.05, 4.69) is 52.8 Å². The first-order valence-corrected chi connectivity index (χ1v) is 9.19. The summed E-state index contributed by atoms with van der Waals surface area (Å²) in [5, 5.41) is 0. The molecule has 2 aromatic rings. The fraction of sp³-hybridized carbons (Fsp3) is 0.222. The second kappa shape index (κ2) is 5.01. The highest BCUT2D eigenvalue weighted by Gasteiger charge is 2.39. The van der Waals surface area contributed by atoms with Crippen LogP contribution in [0.4, 0.5) is 0 Å². The van der Waals surface area contributed by atoms with Crippen LogP contribution in [0.15, 0.2) is 22.5 Å². The van der Waals surface area contributed by atoms with Gasteiger partial charge in [0.2, 0.25) is 15.7 Å². The molecule has 0 N–H and O–H groups in total. The first kappa shape index (κ1) is 14.7. The summed E-state index contributed by atoms with van der Waals surface area (Å²) in [6.45, 7) is 0. The molecule has 0 atom stereocenters. The number of methoxy groups -OCH3 is 1. The number of rotatable bonds is 2. The van der Waals surface area contributed by atoms with Gasteiger partial charge in [-0.3, -0.25) is 0 Å². The van der Waals surface area contributed by atoms with E-state index >= 15 is 0 Å². The quantitative estimate of drug-likeness (QED) is 0.613. The van der Waals surface area contributed by atoms with Crippen LogP contribution >= 0.6 is 59.1 Å².